The predicted molar refractivity (Wildman–Crippen MR) is 147 cm³/mol. The minimum absolute atomic E-state index is 0.340. The Labute approximate surface area is 228 Å². The molecular weight excluding hydrogens is 518 g/mol. The van der Waals surface area contributed by atoms with Gasteiger partial charge >= 0.3 is 0 Å². The second-order valence-electron chi connectivity index (χ2n) is 8.65. The molecule has 6 aromatic rings. The zero-order valence-corrected chi connectivity index (χ0v) is 22.4. The highest BCUT2D eigenvalue weighted by atomic mass is 32.1. The summed E-state index contributed by atoms with van der Waals surface area (Å²) in [4.78, 5) is 5.34. The van der Waals surface area contributed by atoms with Crippen molar-refractivity contribution in [1.29, 1.82) is 0 Å². The molecular formula is C29H25N3O6S. The Kier molecular flexibility index (Phi) is 6.68. The molecule has 3 aromatic heterocycles. The second kappa shape index (κ2) is 10.6. The third-order valence-electron chi connectivity index (χ3n) is 6.12. The minimum Gasteiger partial charge on any atom is -0.497 e. The van der Waals surface area contributed by atoms with E-state index in [0.717, 1.165) is 28.0 Å². The molecule has 0 fully saturated rings. The van der Waals surface area contributed by atoms with Crippen molar-refractivity contribution in [1.82, 2.24) is 14.6 Å². The van der Waals surface area contributed by atoms with Gasteiger partial charge in [-0.05, 0) is 52.8 Å². The molecule has 0 atom stereocenters. The van der Waals surface area contributed by atoms with Crippen LogP contribution < -0.4 is 23.7 Å². The Morgan fingerprint density at radius 1 is 0.795 bits per heavy atom. The van der Waals surface area contributed by atoms with Gasteiger partial charge in [0.05, 0.1) is 32.9 Å². The Morgan fingerprint density at radius 2 is 1.62 bits per heavy atom. The lowest BCUT2D eigenvalue weighted by Crippen LogP contribution is -1.99. The Hall–Kier alpha value is -4.70. The fourth-order valence-electron chi connectivity index (χ4n) is 4.10. The lowest BCUT2D eigenvalue weighted by molar-refractivity contribution is 0.296. The van der Waals surface area contributed by atoms with Crippen LogP contribution in [-0.4, -0.2) is 35.9 Å². The summed E-state index contributed by atoms with van der Waals surface area (Å²) in [6, 6.07) is 21.3. The van der Waals surface area contributed by atoms with Crippen LogP contribution >= 0.6 is 11.3 Å². The van der Waals surface area contributed by atoms with Gasteiger partial charge in [0.15, 0.2) is 5.76 Å². The van der Waals surface area contributed by atoms with Gasteiger partial charge in [-0.3, -0.25) is 0 Å². The number of benzene rings is 3. The maximum Gasteiger partial charge on any atom is 0.294 e. The maximum absolute atomic E-state index is 6.25. The molecule has 6 rings (SSSR count). The molecule has 0 N–H and O–H groups in total. The summed E-state index contributed by atoms with van der Waals surface area (Å²) in [7, 11) is 4.85. The lowest BCUT2D eigenvalue weighted by Gasteiger charge is -2.11. The third kappa shape index (κ3) is 5.19. The van der Waals surface area contributed by atoms with Gasteiger partial charge < -0.3 is 28.1 Å². The molecule has 0 aliphatic heterocycles. The summed E-state index contributed by atoms with van der Waals surface area (Å²) in [5, 5.41) is 5.70. The molecule has 0 saturated carbocycles. The molecule has 0 amide bonds. The van der Waals surface area contributed by atoms with Gasteiger partial charge in [0.1, 0.15) is 47.5 Å². The summed E-state index contributed by atoms with van der Waals surface area (Å²) in [5.74, 6) is 3.46. The van der Waals surface area contributed by atoms with Crippen LogP contribution in [0, 0.1) is 0 Å². The first-order valence-corrected chi connectivity index (χ1v) is 12.9. The third-order valence-corrected chi connectivity index (χ3v) is 7.00. The molecule has 0 unspecified atom stereocenters. The molecule has 0 spiro atoms. The van der Waals surface area contributed by atoms with E-state index in [9.17, 15) is 0 Å². The van der Waals surface area contributed by atoms with Gasteiger partial charge in [-0.2, -0.15) is 0 Å². The molecule has 9 nitrogen and oxygen atoms in total. The Morgan fingerprint density at radius 3 is 2.38 bits per heavy atom. The van der Waals surface area contributed by atoms with Gasteiger partial charge in [0.2, 0.25) is 4.96 Å². The Balaban J connectivity index is 1.20. The summed E-state index contributed by atoms with van der Waals surface area (Å²) in [5.41, 5.74) is 3.33. The summed E-state index contributed by atoms with van der Waals surface area (Å²) < 4.78 is 35.9. The zero-order chi connectivity index (χ0) is 26.8. The molecule has 0 aliphatic carbocycles. The quantitative estimate of drug-likeness (QED) is 0.196. The monoisotopic (exact) mass is 543 g/mol. The average Bonchev–Trinajstić information content (AvgIpc) is 3.68. The maximum atomic E-state index is 6.25. The van der Waals surface area contributed by atoms with Gasteiger partial charge in [0, 0.05) is 12.1 Å². The highest BCUT2D eigenvalue weighted by Gasteiger charge is 2.17. The number of nitrogens with zero attached hydrogens (tertiary/aromatic N) is 3. The van der Waals surface area contributed by atoms with Crippen LogP contribution in [0.2, 0.25) is 0 Å². The van der Waals surface area contributed by atoms with Gasteiger partial charge in [-0.1, -0.05) is 24.3 Å². The number of rotatable bonds is 10. The molecule has 3 heterocycles. The van der Waals surface area contributed by atoms with E-state index < -0.39 is 0 Å². The van der Waals surface area contributed by atoms with Crippen LogP contribution in [0.4, 0.5) is 0 Å². The largest absolute Gasteiger partial charge is 0.497 e. The fraction of sp³-hybridized carbons (Fsp3) is 0.172. The van der Waals surface area contributed by atoms with Crippen molar-refractivity contribution in [3.05, 3.63) is 84.1 Å². The molecule has 0 radical (unpaired) electrons. The molecule has 39 heavy (non-hydrogen) atoms. The van der Waals surface area contributed by atoms with Gasteiger partial charge in [0.25, 0.3) is 5.19 Å². The van der Waals surface area contributed by atoms with E-state index in [1.807, 2.05) is 66.7 Å². The predicted octanol–water partition coefficient (Wildman–Crippen LogP) is 6.39. The SMILES string of the molecule is COc1ccc(COc2cccc(COc3cc(OC)cc4oc(-c5cn6nc(OC)sc6n5)cc34)c2)cc1. The molecule has 10 heteroatoms. The van der Waals surface area contributed by atoms with Gasteiger partial charge in [-0.15, -0.1) is 5.10 Å². The van der Waals surface area contributed by atoms with Crippen molar-refractivity contribution in [2.75, 3.05) is 21.3 Å². The molecule has 3 aromatic carbocycles. The smallest absolute Gasteiger partial charge is 0.294 e. The van der Waals surface area contributed by atoms with E-state index in [0.29, 0.717) is 51.9 Å². The summed E-state index contributed by atoms with van der Waals surface area (Å²) in [6.45, 7) is 0.795. The van der Waals surface area contributed by atoms with Crippen LogP contribution in [0.15, 0.2) is 77.3 Å². The highest BCUT2D eigenvalue weighted by Crippen LogP contribution is 2.37. The Bertz CT molecular complexity index is 1710. The van der Waals surface area contributed by atoms with E-state index in [1.165, 1.54) is 11.3 Å². The molecule has 198 valence electrons. The van der Waals surface area contributed by atoms with Crippen molar-refractivity contribution >= 4 is 27.3 Å². The van der Waals surface area contributed by atoms with Crippen LogP contribution in [0.5, 0.6) is 28.2 Å². The van der Waals surface area contributed by atoms with E-state index in [4.69, 9.17) is 28.1 Å². The lowest BCUT2D eigenvalue weighted by atomic mass is 10.2. The molecule has 0 aliphatic rings. The highest BCUT2D eigenvalue weighted by molar-refractivity contribution is 7.18. The number of aromatic nitrogens is 3. The van der Waals surface area contributed by atoms with E-state index in [2.05, 4.69) is 10.1 Å². The minimum atomic E-state index is 0.340. The first kappa shape index (κ1) is 24.6. The summed E-state index contributed by atoms with van der Waals surface area (Å²) in [6.07, 6.45) is 1.81. The van der Waals surface area contributed by atoms with Crippen LogP contribution in [-0.2, 0) is 13.2 Å². The second-order valence-corrected chi connectivity index (χ2v) is 9.56. The standard InChI is InChI=1S/C29H25N3O6S/c1-33-20-9-7-18(8-10-20)16-36-21-6-4-5-19(11-21)17-37-25-12-22(34-2)13-26-23(25)14-27(38-26)24-15-32-28(30-24)39-29(31-32)35-3/h4-15H,16-17H2,1-3H3. The van der Waals surface area contributed by atoms with E-state index in [-0.39, 0.29) is 0 Å². The number of imidazole rings is 1. The summed E-state index contributed by atoms with van der Waals surface area (Å²) >= 11 is 1.36. The van der Waals surface area contributed by atoms with Gasteiger partial charge in [-0.25, -0.2) is 9.50 Å². The number of hydrogen-bond acceptors (Lipinski definition) is 9. The average molecular weight is 544 g/mol. The topological polar surface area (TPSA) is 89.5 Å². The van der Waals surface area contributed by atoms with Crippen LogP contribution in [0.25, 0.3) is 27.4 Å². The zero-order valence-electron chi connectivity index (χ0n) is 21.5. The van der Waals surface area contributed by atoms with Crippen LogP contribution in [0.1, 0.15) is 11.1 Å². The first-order chi connectivity index (χ1) is 19.1. The molecule has 0 saturated heterocycles. The van der Waals surface area contributed by atoms with Crippen LogP contribution in [0.3, 0.4) is 0 Å². The molecule has 0 bridgehead atoms. The van der Waals surface area contributed by atoms with Crippen molar-refractivity contribution < 1.29 is 28.1 Å². The normalized spacial score (nSPS) is 11.2. The van der Waals surface area contributed by atoms with Crippen molar-refractivity contribution in [3.8, 4) is 39.6 Å². The number of furan rings is 1. The number of hydrogen-bond donors (Lipinski definition) is 0. The fourth-order valence-corrected chi connectivity index (χ4v) is 4.80. The van der Waals surface area contributed by atoms with Crippen molar-refractivity contribution in [2.24, 2.45) is 0 Å². The van der Waals surface area contributed by atoms with Crippen molar-refractivity contribution in [3.63, 3.8) is 0 Å². The van der Waals surface area contributed by atoms with Crippen molar-refractivity contribution in [2.45, 2.75) is 13.2 Å². The number of ether oxygens (including phenoxy) is 5. The number of methoxy groups -OCH3 is 3. The first-order valence-electron chi connectivity index (χ1n) is 12.1. The van der Waals surface area contributed by atoms with E-state index >= 15 is 0 Å². The number of fused-ring (bicyclic) bond motifs is 2. The van der Waals surface area contributed by atoms with E-state index in [1.54, 1.807) is 32.0 Å².